The fourth-order valence-electron chi connectivity index (χ4n) is 2.59. The summed E-state index contributed by atoms with van der Waals surface area (Å²) < 4.78 is 25.5. The van der Waals surface area contributed by atoms with Crippen molar-refractivity contribution >= 4 is 33.6 Å². The van der Waals surface area contributed by atoms with Crippen LogP contribution in [0.5, 0.6) is 5.75 Å². The Morgan fingerprint density at radius 1 is 1.22 bits per heavy atom. The molecule has 0 saturated heterocycles. The molecule has 0 saturated carbocycles. The summed E-state index contributed by atoms with van der Waals surface area (Å²) >= 11 is 3.34. The largest absolute Gasteiger partial charge is 0.467 e. The van der Waals surface area contributed by atoms with Crippen molar-refractivity contribution in [1.29, 1.82) is 0 Å². The van der Waals surface area contributed by atoms with E-state index in [2.05, 4.69) is 11.1 Å². The van der Waals surface area contributed by atoms with Gasteiger partial charge in [0.05, 0.1) is 12.3 Å². The van der Waals surface area contributed by atoms with Crippen LogP contribution in [0.25, 0.3) is 0 Å². The highest BCUT2D eigenvalue weighted by Gasteiger charge is 2.19. The molecule has 0 N–H and O–H groups in total. The molecule has 4 rings (SSSR count). The van der Waals surface area contributed by atoms with Gasteiger partial charge in [0.2, 0.25) is 0 Å². The molecule has 2 aromatic carbocycles. The van der Waals surface area contributed by atoms with E-state index in [1.165, 1.54) is 11.6 Å². The van der Waals surface area contributed by atoms with Gasteiger partial charge in [-0.1, -0.05) is 41.7 Å². The molecule has 2 aromatic rings. The minimum atomic E-state index is -0.253. The van der Waals surface area contributed by atoms with Gasteiger partial charge >= 0.3 is 0 Å². The average molecular weight is 347 g/mol. The van der Waals surface area contributed by atoms with E-state index in [-0.39, 0.29) is 12.6 Å². The fourth-order valence-corrected chi connectivity index (χ4v) is 4.62. The van der Waals surface area contributed by atoms with Crippen molar-refractivity contribution in [1.82, 2.24) is 0 Å². The minimum absolute atomic E-state index is 0.222. The second kappa shape index (κ2) is 6.55. The first-order valence-corrected chi connectivity index (χ1v) is 9.21. The highest BCUT2D eigenvalue weighted by molar-refractivity contribution is 8.38. The highest BCUT2D eigenvalue weighted by Crippen LogP contribution is 2.38. The van der Waals surface area contributed by atoms with Crippen LogP contribution < -0.4 is 4.74 Å². The van der Waals surface area contributed by atoms with Crippen molar-refractivity contribution in [2.75, 3.05) is 6.79 Å². The minimum Gasteiger partial charge on any atom is -0.467 e. The molecule has 0 aromatic heterocycles. The normalized spacial score (nSPS) is 16.1. The third kappa shape index (κ3) is 3.24. The predicted octanol–water partition coefficient (Wildman–Crippen LogP) is 4.86. The average Bonchev–Trinajstić information content (AvgIpc) is 2.59. The highest BCUT2D eigenvalue weighted by atomic mass is 32.2. The van der Waals surface area contributed by atoms with Gasteiger partial charge in [0, 0.05) is 22.6 Å². The van der Waals surface area contributed by atoms with E-state index in [0.29, 0.717) is 12.4 Å². The SMILES string of the molecule is Fc1cc2c(c(CSC3=Nc4ccccc4CS3)c1)OCOC2. The summed E-state index contributed by atoms with van der Waals surface area (Å²) in [4.78, 5) is 4.68. The van der Waals surface area contributed by atoms with E-state index in [9.17, 15) is 4.39 Å². The van der Waals surface area contributed by atoms with E-state index in [4.69, 9.17) is 9.47 Å². The van der Waals surface area contributed by atoms with Crippen molar-refractivity contribution in [3.63, 3.8) is 0 Å². The zero-order valence-corrected chi connectivity index (χ0v) is 13.9. The number of thioether (sulfide) groups is 2. The van der Waals surface area contributed by atoms with Gasteiger partial charge in [0.1, 0.15) is 15.9 Å². The molecule has 118 valence electrons. The fraction of sp³-hybridized carbons (Fsp3) is 0.235. The van der Waals surface area contributed by atoms with Gasteiger partial charge in [-0.3, -0.25) is 0 Å². The standard InChI is InChI=1S/C17H14FNO2S2/c18-14-5-12-7-20-10-21-16(12)13(6-14)9-23-17-19-15-4-2-1-3-11(15)8-22-17/h1-6H,7-10H2. The Balaban J connectivity index is 1.54. The van der Waals surface area contributed by atoms with Crippen LogP contribution in [0.1, 0.15) is 16.7 Å². The number of rotatable bonds is 2. The number of halogens is 1. The maximum atomic E-state index is 13.8. The molecule has 0 bridgehead atoms. The van der Waals surface area contributed by atoms with Crippen molar-refractivity contribution in [3.8, 4) is 5.75 Å². The second-order valence-corrected chi connectivity index (χ2v) is 7.43. The summed E-state index contributed by atoms with van der Waals surface area (Å²) in [7, 11) is 0. The number of hydrogen-bond acceptors (Lipinski definition) is 5. The van der Waals surface area contributed by atoms with Crippen molar-refractivity contribution in [2.45, 2.75) is 18.1 Å². The number of fused-ring (bicyclic) bond motifs is 2. The van der Waals surface area contributed by atoms with Gasteiger partial charge < -0.3 is 9.47 Å². The quantitative estimate of drug-likeness (QED) is 0.776. The maximum absolute atomic E-state index is 13.8. The van der Waals surface area contributed by atoms with Gasteiger partial charge in [0.15, 0.2) is 6.79 Å². The Kier molecular flexibility index (Phi) is 4.29. The Bertz CT molecular complexity index is 779. The van der Waals surface area contributed by atoms with Gasteiger partial charge in [-0.2, -0.15) is 0 Å². The molecule has 23 heavy (non-hydrogen) atoms. The molecular formula is C17H14FNO2S2. The lowest BCUT2D eigenvalue weighted by Gasteiger charge is -2.21. The van der Waals surface area contributed by atoms with E-state index in [0.717, 1.165) is 32.7 Å². The molecule has 0 unspecified atom stereocenters. The third-order valence-corrected chi connectivity index (χ3v) is 5.95. The molecule has 3 nitrogen and oxygen atoms in total. The van der Waals surface area contributed by atoms with Crippen molar-refractivity contribution in [3.05, 3.63) is 58.9 Å². The number of aliphatic imine (C=N–C) groups is 1. The molecule has 2 heterocycles. The van der Waals surface area contributed by atoms with Crippen LogP contribution in [0.4, 0.5) is 10.1 Å². The maximum Gasteiger partial charge on any atom is 0.189 e. The van der Waals surface area contributed by atoms with Gasteiger partial charge in [-0.05, 0) is 23.8 Å². The lowest BCUT2D eigenvalue weighted by atomic mass is 10.1. The van der Waals surface area contributed by atoms with E-state index < -0.39 is 0 Å². The Hall–Kier alpha value is -1.50. The Labute approximate surface area is 142 Å². The molecule has 2 aliphatic heterocycles. The summed E-state index contributed by atoms with van der Waals surface area (Å²) in [5.74, 6) is 2.06. The van der Waals surface area contributed by atoms with Crippen LogP contribution in [0.3, 0.4) is 0 Å². The summed E-state index contributed by atoms with van der Waals surface area (Å²) in [6.07, 6.45) is 0. The van der Waals surface area contributed by atoms with Crippen LogP contribution in [0.2, 0.25) is 0 Å². The number of nitrogens with zero attached hydrogens (tertiary/aromatic N) is 1. The molecule has 2 aliphatic rings. The van der Waals surface area contributed by atoms with Gasteiger partial charge in [0.25, 0.3) is 0 Å². The summed E-state index contributed by atoms with van der Waals surface area (Å²) in [6.45, 7) is 0.618. The third-order valence-electron chi connectivity index (χ3n) is 3.66. The number of benzene rings is 2. The summed E-state index contributed by atoms with van der Waals surface area (Å²) in [5, 5.41) is 0. The lowest BCUT2D eigenvalue weighted by molar-refractivity contribution is -0.0171. The first-order chi connectivity index (χ1) is 11.3. The molecular weight excluding hydrogens is 333 g/mol. The summed E-state index contributed by atoms with van der Waals surface area (Å²) in [5.41, 5.74) is 3.91. The topological polar surface area (TPSA) is 30.8 Å². The molecule has 0 spiro atoms. The molecule has 0 aliphatic carbocycles. The summed E-state index contributed by atoms with van der Waals surface area (Å²) in [6, 6.07) is 11.2. The van der Waals surface area contributed by atoms with E-state index in [1.54, 1.807) is 29.6 Å². The van der Waals surface area contributed by atoms with Crippen LogP contribution in [0, 0.1) is 5.82 Å². The zero-order valence-electron chi connectivity index (χ0n) is 12.3. The smallest absolute Gasteiger partial charge is 0.189 e. The lowest BCUT2D eigenvalue weighted by Crippen LogP contribution is -2.13. The molecule has 0 atom stereocenters. The first-order valence-electron chi connectivity index (χ1n) is 7.23. The number of para-hydroxylation sites is 1. The van der Waals surface area contributed by atoms with Crippen LogP contribution in [-0.2, 0) is 22.8 Å². The van der Waals surface area contributed by atoms with Gasteiger partial charge in [-0.15, -0.1) is 0 Å². The number of hydrogen-bond donors (Lipinski definition) is 0. The molecule has 6 heteroatoms. The van der Waals surface area contributed by atoms with E-state index in [1.807, 2.05) is 18.2 Å². The molecule has 0 radical (unpaired) electrons. The van der Waals surface area contributed by atoms with Crippen LogP contribution >= 0.6 is 23.5 Å². The van der Waals surface area contributed by atoms with Crippen molar-refractivity contribution < 1.29 is 13.9 Å². The van der Waals surface area contributed by atoms with Gasteiger partial charge in [-0.25, -0.2) is 9.38 Å². The number of ether oxygens (including phenoxy) is 2. The predicted molar refractivity (Wildman–Crippen MR) is 92.8 cm³/mol. The Morgan fingerprint density at radius 3 is 3.09 bits per heavy atom. The first kappa shape index (κ1) is 15.1. The molecule has 0 fully saturated rings. The van der Waals surface area contributed by atoms with Crippen LogP contribution in [-0.4, -0.2) is 11.2 Å². The van der Waals surface area contributed by atoms with Crippen LogP contribution in [0.15, 0.2) is 41.4 Å². The Morgan fingerprint density at radius 2 is 2.13 bits per heavy atom. The zero-order chi connectivity index (χ0) is 15.6. The van der Waals surface area contributed by atoms with E-state index >= 15 is 0 Å². The van der Waals surface area contributed by atoms with Crippen molar-refractivity contribution in [2.24, 2.45) is 4.99 Å². The monoisotopic (exact) mass is 347 g/mol. The second-order valence-electron chi connectivity index (χ2n) is 5.25. The molecule has 0 amide bonds.